The Morgan fingerprint density at radius 2 is 2.11 bits per heavy atom. The Balaban J connectivity index is 2.26. The summed E-state index contributed by atoms with van der Waals surface area (Å²) in [7, 11) is 1.66. The van der Waals surface area contributed by atoms with E-state index in [-0.39, 0.29) is 5.91 Å². The zero-order chi connectivity index (χ0) is 13.2. The van der Waals surface area contributed by atoms with E-state index in [1.165, 1.54) is 0 Å². The van der Waals surface area contributed by atoms with Crippen molar-refractivity contribution in [1.82, 2.24) is 5.32 Å². The maximum absolute atomic E-state index is 11.5. The molecule has 0 aliphatic heterocycles. The van der Waals surface area contributed by atoms with E-state index in [0.717, 1.165) is 36.3 Å². The number of rotatable bonds is 8. The van der Waals surface area contributed by atoms with Crippen LogP contribution in [0.1, 0.15) is 24.8 Å². The number of para-hydroxylation sites is 1. The van der Waals surface area contributed by atoms with Crippen molar-refractivity contribution >= 4 is 18.5 Å². The summed E-state index contributed by atoms with van der Waals surface area (Å²) in [6, 6.07) is 7.88. The van der Waals surface area contributed by atoms with E-state index in [1.54, 1.807) is 7.11 Å². The second-order valence-electron chi connectivity index (χ2n) is 4.09. The number of amides is 1. The van der Waals surface area contributed by atoms with Crippen LogP contribution in [0, 0.1) is 0 Å². The number of benzene rings is 1. The minimum Gasteiger partial charge on any atom is -0.496 e. The third-order valence-electron chi connectivity index (χ3n) is 2.72. The van der Waals surface area contributed by atoms with E-state index in [4.69, 9.17) is 4.74 Å². The number of carbonyl (C=O) groups is 1. The van der Waals surface area contributed by atoms with Crippen molar-refractivity contribution in [3.8, 4) is 5.75 Å². The lowest BCUT2D eigenvalue weighted by molar-refractivity contribution is -0.121. The molecular weight excluding hydrogens is 246 g/mol. The Morgan fingerprint density at radius 1 is 1.33 bits per heavy atom. The molecule has 1 rings (SSSR count). The zero-order valence-electron chi connectivity index (χ0n) is 10.8. The van der Waals surface area contributed by atoms with Crippen LogP contribution in [0.25, 0.3) is 0 Å². The summed E-state index contributed by atoms with van der Waals surface area (Å²) in [6.45, 7) is 0.653. The Kier molecular flexibility index (Phi) is 7.34. The second-order valence-corrected chi connectivity index (χ2v) is 4.54. The number of thiol groups is 1. The first-order valence-corrected chi connectivity index (χ1v) is 6.90. The van der Waals surface area contributed by atoms with Gasteiger partial charge in [-0.1, -0.05) is 18.2 Å². The predicted octanol–water partition coefficient (Wildman–Crippen LogP) is 2.45. The van der Waals surface area contributed by atoms with Gasteiger partial charge in [-0.3, -0.25) is 4.79 Å². The Labute approximate surface area is 114 Å². The van der Waals surface area contributed by atoms with E-state index in [9.17, 15) is 4.79 Å². The molecule has 4 heteroatoms. The molecule has 3 nitrogen and oxygen atoms in total. The van der Waals surface area contributed by atoms with Crippen LogP contribution >= 0.6 is 12.6 Å². The van der Waals surface area contributed by atoms with E-state index >= 15 is 0 Å². The number of hydrogen-bond donors (Lipinski definition) is 2. The Hall–Kier alpha value is -1.16. The van der Waals surface area contributed by atoms with Crippen molar-refractivity contribution in [3.63, 3.8) is 0 Å². The normalized spacial score (nSPS) is 10.1. The molecule has 0 fully saturated rings. The van der Waals surface area contributed by atoms with E-state index in [2.05, 4.69) is 17.9 Å². The van der Waals surface area contributed by atoms with Crippen LogP contribution in [-0.2, 0) is 11.2 Å². The first-order valence-electron chi connectivity index (χ1n) is 6.27. The minimum atomic E-state index is 0.117. The van der Waals surface area contributed by atoms with Crippen molar-refractivity contribution in [2.24, 2.45) is 0 Å². The maximum atomic E-state index is 11.5. The van der Waals surface area contributed by atoms with Gasteiger partial charge in [0.05, 0.1) is 7.11 Å². The Bertz CT molecular complexity index is 369. The molecule has 0 spiro atoms. The number of ether oxygens (including phenoxy) is 1. The SMILES string of the molecule is COc1ccccc1CCNC(=O)CCCCS. The largest absolute Gasteiger partial charge is 0.496 e. The maximum Gasteiger partial charge on any atom is 0.220 e. The van der Waals surface area contributed by atoms with Crippen LogP contribution in [-0.4, -0.2) is 25.3 Å². The average Bonchev–Trinajstić information content (AvgIpc) is 2.39. The third-order valence-corrected chi connectivity index (χ3v) is 3.04. The zero-order valence-corrected chi connectivity index (χ0v) is 11.7. The molecule has 1 aromatic rings. The van der Waals surface area contributed by atoms with Crippen LogP contribution in [0.4, 0.5) is 0 Å². The summed E-state index contributed by atoms with van der Waals surface area (Å²) < 4.78 is 5.26. The van der Waals surface area contributed by atoms with Crippen LogP contribution in [0.15, 0.2) is 24.3 Å². The first kappa shape index (κ1) is 14.9. The van der Waals surface area contributed by atoms with Gasteiger partial charge < -0.3 is 10.1 Å². The van der Waals surface area contributed by atoms with Gasteiger partial charge in [-0.2, -0.15) is 12.6 Å². The highest BCUT2D eigenvalue weighted by atomic mass is 32.1. The molecule has 0 aliphatic carbocycles. The fourth-order valence-electron chi connectivity index (χ4n) is 1.73. The molecule has 0 saturated heterocycles. The molecule has 100 valence electrons. The topological polar surface area (TPSA) is 38.3 Å². The van der Waals surface area contributed by atoms with Crippen LogP contribution in [0.3, 0.4) is 0 Å². The van der Waals surface area contributed by atoms with Gasteiger partial charge in [0.15, 0.2) is 0 Å². The smallest absolute Gasteiger partial charge is 0.220 e. The molecule has 1 aromatic carbocycles. The molecular formula is C14H21NO2S. The van der Waals surface area contributed by atoms with E-state index < -0.39 is 0 Å². The van der Waals surface area contributed by atoms with Gasteiger partial charge >= 0.3 is 0 Å². The fraction of sp³-hybridized carbons (Fsp3) is 0.500. The van der Waals surface area contributed by atoms with Gasteiger partial charge in [-0.25, -0.2) is 0 Å². The molecule has 0 radical (unpaired) electrons. The van der Waals surface area contributed by atoms with Gasteiger partial charge in [-0.05, 0) is 36.6 Å². The number of methoxy groups -OCH3 is 1. The monoisotopic (exact) mass is 267 g/mol. The van der Waals surface area contributed by atoms with Crippen molar-refractivity contribution in [1.29, 1.82) is 0 Å². The predicted molar refractivity (Wildman–Crippen MR) is 77.4 cm³/mol. The summed E-state index contributed by atoms with van der Waals surface area (Å²) in [5.74, 6) is 1.84. The molecule has 18 heavy (non-hydrogen) atoms. The standard InChI is InChI=1S/C14H21NO2S/c1-17-13-7-3-2-6-12(13)9-10-15-14(16)8-4-5-11-18/h2-3,6-7,18H,4-5,8-11H2,1H3,(H,15,16). The van der Waals surface area contributed by atoms with Crippen molar-refractivity contribution in [3.05, 3.63) is 29.8 Å². The lowest BCUT2D eigenvalue weighted by Gasteiger charge is -2.09. The number of hydrogen-bond acceptors (Lipinski definition) is 3. The Morgan fingerprint density at radius 3 is 2.83 bits per heavy atom. The molecule has 0 heterocycles. The van der Waals surface area contributed by atoms with Crippen molar-refractivity contribution in [2.45, 2.75) is 25.7 Å². The summed E-state index contributed by atoms with van der Waals surface area (Å²) in [5, 5.41) is 2.92. The lowest BCUT2D eigenvalue weighted by Crippen LogP contribution is -2.25. The van der Waals surface area contributed by atoms with Gasteiger partial charge in [-0.15, -0.1) is 0 Å². The molecule has 1 amide bonds. The molecule has 0 saturated carbocycles. The van der Waals surface area contributed by atoms with Crippen LogP contribution in [0.5, 0.6) is 5.75 Å². The quantitative estimate of drug-likeness (QED) is 0.561. The van der Waals surface area contributed by atoms with Gasteiger partial charge in [0, 0.05) is 13.0 Å². The fourth-order valence-corrected chi connectivity index (χ4v) is 1.96. The minimum absolute atomic E-state index is 0.117. The van der Waals surface area contributed by atoms with Crippen molar-refractivity contribution < 1.29 is 9.53 Å². The lowest BCUT2D eigenvalue weighted by atomic mass is 10.1. The number of carbonyl (C=O) groups excluding carboxylic acids is 1. The highest BCUT2D eigenvalue weighted by Gasteiger charge is 2.03. The van der Waals surface area contributed by atoms with Gasteiger partial charge in [0.1, 0.15) is 5.75 Å². The molecule has 0 bridgehead atoms. The summed E-state index contributed by atoms with van der Waals surface area (Å²) in [6.07, 6.45) is 3.28. The molecule has 0 aliphatic rings. The molecule has 0 unspecified atom stereocenters. The molecule has 1 N–H and O–H groups in total. The average molecular weight is 267 g/mol. The van der Waals surface area contributed by atoms with Crippen LogP contribution in [0.2, 0.25) is 0 Å². The van der Waals surface area contributed by atoms with E-state index in [0.29, 0.717) is 13.0 Å². The first-order chi connectivity index (χ1) is 8.77. The molecule has 0 aromatic heterocycles. The number of unbranched alkanes of at least 4 members (excludes halogenated alkanes) is 1. The van der Waals surface area contributed by atoms with Gasteiger partial charge in [0.2, 0.25) is 5.91 Å². The highest BCUT2D eigenvalue weighted by molar-refractivity contribution is 7.80. The third kappa shape index (κ3) is 5.45. The second kappa shape index (κ2) is 8.86. The van der Waals surface area contributed by atoms with Crippen molar-refractivity contribution in [2.75, 3.05) is 19.4 Å². The van der Waals surface area contributed by atoms with Crippen LogP contribution < -0.4 is 10.1 Å². The summed E-state index contributed by atoms with van der Waals surface area (Å²) >= 11 is 4.12. The number of nitrogens with one attached hydrogen (secondary N) is 1. The van der Waals surface area contributed by atoms with E-state index in [1.807, 2.05) is 24.3 Å². The highest BCUT2D eigenvalue weighted by Crippen LogP contribution is 2.17. The summed E-state index contributed by atoms with van der Waals surface area (Å²) in [4.78, 5) is 11.5. The molecule has 0 atom stereocenters. The summed E-state index contributed by atoms with van der Waals surface area (Å²) in [5.41, 5.74) is 1.12. The van der Waals surface area contributed by atoms with Gasteiger partial charge in [0.25, 0.3) is 0 Å².